The van der Waals surface area contributed by atoms with Crippen molar-refractivity contribution in [2.24, 2.45) is 5.14 Å². The minimum Gasteiger partial charge on any atom is -0.349 e. The number of halogens is 1. The Morgan fingerprint density at radius 1 is 1.11 bits per heavy atom. The molecule has 10 heteroatoms. The predicted octanol–water partition coefficient (Wildman–Crippen LogP) is 1.89. The van der Waals surface area contributed by atoms with Crippen LogP contribution in [0.1, 0.15) is 24.1 Å². The Morgan fingerprint density at radius 3 is 2.41 bits per heavy atom. The molecule has 27 heavy (non-hydrogen) atoms. The van der Waals surface area contributed by atoms with E-state index in [4.69, 9.17) is 5.14 Å². The highest BCUT2D eigenvalue weighted by Crippen LogP contribution is 2.17. The van der Waals surface area contributed by atoms with E-state index in [1.807, 2.05) is 0 Å². The lowest BCUT2D eigenvalue weighted by Crippen LogP contribution is -2.33. The van der Waals surface area contributed by atoms with Gasteiger partial charge in [-0.2, -0.15) is 0 Å². The fraction of sp³-hybridized carbons (Fsp3) is 0.235. The van der Waals surface area contributed by atoms with Gasteiger partial charge in [0.2, 0.25) is 15.9 Å². The molecule has 0 fully saturated rings. The highest BCUT2D eigenvalue weighted by Gasteiger charge is 2.20. The monoisotopic (exact) mass is 474 g/mol. The topological polar surface area (TPSA) is 123 Å². The van der Waals surface area contributed by atoms with Crippen LogP contribution in [-0.4, -0.2) is 28.5 Å². The Kier molecular flexibility index (Phi) is 6.79. The van der Waals surface area contributed by atoms with Crippen molar-refractivity contribution in [2.45, 2.75) is 23.6 Å². The molecule has 0 spiro atoms. The second kappa shape index (κ2) is 8.51. The van der Waals surface area contributed by atoms with Gasteiger partial charge >= 0.3 is 0 Å². The van der Waals surface area contributed by atoms with E-state index in [9.17, 15) is 21.6 Å². The molecule has 0 bridgehead atoms. The summed E-state index contributed by atoms with van der Waals surface area (Å²) in [6.07, 6.45) is 0. The number of sulfonamides is 1. The standard InChI is InChI=1S/C17H19BrN2O5S2/c1-12(14-5-3-7-16(9-14)27(19,24)25)20-17(21)11-26(22,23)10-13-4-2-6-15(18)8-13/h2-9,12H,10-11H2,1H3,(H,20,21)(H2,19,24,25). The van der Waals surface area contributed by atoms with Crippen LogP contribution in [0, 0.1) is 0 Å². The van der Waals surface area contributed by atoms with Crippen molar-refractivity contribution >= 4 is 41.7 Å². The SMILES string of the molecule is CC(NC(=O)CS(=O)(=O)Cc1cccc(Br)c1)c1cccc(S(N)(=O)=O)c1. The number of hydrogen-bond donors (Lipinski definition) is 2. The van der Waals surface area contributed by atoms with Crippen molar-refractivity contribution in [3.63, 3.8) is 0 Å². The van der Waals surface area contributed by atoms with Gasteiger partial charge in [-0.25, -0.2) is 22.0 Å². The summed E-state index contributed by atoms with van der Waals surface area (Å²) in [6, 6.07) is 12.1. The van der Waals surface area contributed by atoms with Crippen LogP contribution in [0.25, 0.3) is 0 Å². The molecule has 1 atom stereocenters. The van der Waals surface area contributed by atoms with Gasteiger partial charge < -0.3 is 5.32 Å². The second-order valence-electron chi connectivity index (χ2n) is 6.07. The van der Waals surface area contributed by atoms with Gasteiger partial charge in [-0.1, -0.05) is 40.2 Å². The Hall–Kier alpha value is -1.75. The number of rotatable bonds is 7. The fourth-order valence-electron chi connectivity index (χ4n) is 2.46. The van der Waals surface area contributed by atoms with Crippen molar-refractivity contribution in [1.82, 2.24) is 5.32 Å². The lowest BCUT2D eigenvalue weighted by atomic mass is 10.1. The van der Waals surface area contributed by atoms with Crippen molar-refractivity contribution in [2.75, 3.05) is 5.75 Å². The van der Waals surface area contributed by atoms with Crippen LogP contribution in [0.2, 0.25) is 0 Å². The van der Waals surface area contributed by atoms with Gasteiger partial charge in [0, 0.05) is 4.47 Å². The summed E-state index contributed by atoms with van der Waals surface area (Å²) in [5.74, 6) is -1.59. The molecule has 3 N–H and O–H groups in total. The van der Waals surface area contributed by atoms with E-state index in [-0.39, 0.29) is 10.6 Å². The van der Waals surface area contributed by atoms with Gasteiger partial charge in [0.1, 0.15) is 5.75 Å². The number of sulfone groups is 1. The molecule has 7 nitrogen and oxygen atoms in total. The summed E-state index contributed by atoms with van der Waals surface area (Å²) in [6.45, 7) is 1.63. The molecule has 0 radical (unpaired) electrons. The van der Waals surface area contributed by atoms with E-state index >= 15 is 0 Å². The van der Waals surface area contributed by atoms with Crippen LogP contribution in [0.3, 0.4) is 0 Å². The number of primary sulfonamides is 1. The van der Waals surface area contributed by atoms with Crippen LogP contribution in [0.5, 0.6) is 0 Å². The van der Waals surface area contributed by atoms with E-state index in [2.05, 4.69) is 21.2 Å². The number of carbonyl (C=O) groups excluding carboxylic acids is 1. The molecule has 0 heterocycles. The zero-order valence-electron chi connectivity index (χ0n) is 14.4. The Morgan fingerprint density at radius 2 is 1.78 bits per heavy atom. The first-order valence-electron chi connectivity index (χ1n) is 7.83. The summed E-state index contributed by atoms with van der Waals surface area (Å²) >= 11 is 3.27. The van der Waals surface area contributed by atoms with Gasteiger partial charge in [-0.05, 0) is 42.3 Å². The van der Waals surface area contributed by atoms with Crippen molar-refractivity contribution < 1.29 is 21.6 Å². The summed E-state index contributed by atoms with van der Waals surface area (Å²) < 4.78 is 48.1. The molecular weight excluding hydrogens is 456 g/mol. The lowest BCUT2D eigenvalue weighted by Gasteiger charge is -2.15. The predicted molar refractivity (Wildman–Crippen MR) is 106 cm³/mol. The van der Waals surface area contributed by atoms with Gasteiger partial charge in [-0.3, -0.25) is 4.79 Å². The van der Waals surface area contributed by atoms with E-state index in [0.29, 0.717) is 11.1 Å². The van der Waals surface area contributed by atoms with Crippen LogP contribution in [-0.2, 0) is 30.4 Å². The minimum absolute atomic E-state index is 0.0802. The quantitative estimate of drug-likeness (QED) is 0.633. The first kappa shape index (κ1) is 21.5. The fourth-order valence-corrected chi connectivity index (χ4v) is 4.75. The minimum atomic E-state index is -3.87. The van der Waals surface area contributed by atoms with Gasteiger partial charge in [0.25, 0.3) is 0 Å². The molecule has 2 rings (SSSR count). The molecule has 146 valence electrons. The number of hydrogen-bond acceptors (Lipinski definition) is 5. The zero-order chi connectivity index (χ0) is 20.2. The Labute approximate surface area is 167 Å². The summed E-state index contributed by atoms with van der Waals surface area (Å²) in [7, 11) is -7.53. The summed E-state index contributed by atoms with van der Waals surface area (Å²) in [5, 5.41) is 7.66. The molecule has 1 amide bonds. The maximum Gasteiger partial charge on any atom is 0.238 e. The van der Waals surface area contributed by atoms with E-state index in [0.717, 1.165) is 4.47 Å². The molecular formula is C17H19BrN2O5S2. The Balaban J connectivity index is 2.04. The average molecular weight is 475 g/mol. The third-order valence-electron chi connectivity index (χ3n) is 3.69. The summed E-state index contributed by atoms with van der Waals surface area (Å²) in [4.78, 5) is 12.1. The maximum atomic E-state index is 12.3. The highest BCUT2D eigenvalue weighted by molar-refractivity contribution is 9.10. The van der Waals surface area contributed by atoms with Gasteiger partial charge in [0.15, 0.2) is 9.84 Å². The molecule has 0 aromatic heterocycles. The highest BCUT2D eigenvalue weighted by atomic mass is 79.9. The number of nitrogens with two attached hydrogens (primary N) is 1. The first-order chi connectivity index (χ1) is 12.5. The van der Waals surface area contributed by atoms with Crippen LogP contribution in [0.4, 0.5) is 0 Å². The smallest absolute Gasteiger partial charge is 0.238 e. The van der Waals surface area contributed by atoms with Gasteiger partial charge in [-0.15, -0.1) is 0 Å². The molecule has 0 saturated carbocycles. The summed E-state index contributed by atoms with van der Waals surface area (Å²) in [5.41, 5.74) is 1.07. The van der Waals surface area contributed by atoms with Crippen molar-refractivity contribution in [3.8, 4) is 0 Å². The Bertz CT molecular complexity index is 1050. The number of amides is 1. The zero-order valence-corrected chi connectivity index (χ0v) is 17.6. The molecule has 1 unspecified atom stereocenters. The first-order valence-corrected chi connectivity index (χ1v) is 12.0. The second-order valence-corrected chi connectivity index (χ2v) is 10.6. The van der Waals surface area contributed by atoms with Crippen LogP contribution in [0.15, 0.2) is 57.9 Å². The lowest BCUT2D eigenvalue weighted by molar-refractivity contribution is -0.119. The molecule has 2 aromatic rings. The van der Waals surface area contributed by atoms with Crippen LogP contribution >= 0.6 is 15.9 Å². The number of benzene rings is 2. The molecule has 0 aliphatic rings. The molecule has 2 aromatic carbocycles. The van der Waals surface area contributed by atoms with Crippen LogP contribution < -0.4 is 10.5 Å². The normalized spacial score (nSPS) is 13.1. The largest absolute Gasteiger partial charge is 0.349 e. The third kappa shape index (κ3) is 6.73. The van der Waals surface area contributed by atoms with Crippen molar-refractivity contribution in [3.05, 3.63) is 64.1 Å². The van der Waals surface area contributed by atoms with Gasteiger partial charge in [0.05, 0.1) is 16.7 Å². The van der Waals surface area contributed by atoms with E-state index in [1.54, 1.807) is 37.3 Å². The number of carbonyl (C=O) groups is 1. The van der Waals surface area contributed by atoms with E-state index < -0.39 is 37.6 Å². The molecule has 0 aliphatic heterocycles. The maximum absolute atomic E-state index is 12.3. The van der Waals surface area contributed by atoms with Crippen molar-refractivity contribution in [1.29, 1.82) is 0 Å². The average Bonchev–Trinajstić information content (AvgIpc) is 2.53. The number of nitrogens with one attached hydrogen (secondary N) is 1. The molecule has 0 aliphatic carbocycles. The third-order valence-corrected chi connectivity index (χ3v) is 6.57. The molecule has 0 saturated heterocycles. The van der Waals surface area contributed by atoms with E-state index in [1.165, 1.54) is 18.2 Å².